The van der Waals surface area contributed by atoms with Crippen molar-refractivity contribution >= 4 is 5.91 Å². The number of phenolic OH excluding ortho intramolecular Hbond substituents is 1. The van der Waals surface area contributed by atoms with Crippen molar-refractivity contribution < 1.29 is 9.90 Å². The van der Waals surface area contributed by atoms with Gasteiger partial charge in [-0.15, -0.1) is 0 Å². The lowest BCUT2D eigenvalue weighted by molar-refractivity contribution is -0.123. The number of nitrogens with two attached hydrogens (primary N) is 1. The average molecular weight is 345 g/mol. The molecule has 1 saturated carbocycles. The number of aromatic hydroxyl groups is 1. The van der Waals surface area contributed by atoms with Crippen LogP contribution in [0.25, 0.3) is 0 Å². The molecule has 0 unspecified atom stereocenters. The number of benzene rings is 1. The number of amides is 1. The largest absolute Gasteiger partial charge is 0.508 e. The van der Waals surface area contributed by atoms with Crippen LogP contribution in [0.2, 0.25) is 0 Å². The van der Waals surface area contributed by atoms with E-state index in [4.69, 9.17) is 5.73 Å². The molecule has 5 nitrogen and oxygen atoms in total. The first kappa shape index (κ1) is 18.2. The Morgan fingerprint density at radius 2 is 1.76 bits per heavy atom. The van der Waals surface area contributed by atoms with Crippen LogP contribution >= 0.6 is 0 Å². The normalized spacial score (nSPS) is 21.8. The maximum absolute atomic E-state index is 12.5. The monoisotopic (exact) mass is 345 g/mol. The predicted molar refractivity (Wildman–Crippen MR) is 99.4 cm³/mol. The van der Waals surface area contributed by atoms with Crippen molar-refractivity contribution in [1.29, 1.82) is 0 Å². The first-order valence-electron chi connectivity index (χ1n) is 9.65. The van der Waals surface area contributed by atoms with Gasteiger partial charge in [-0.1, -0.05) is 31.4 Å². The Balaban J connectivity index is 1.54. The zero-order valence-corrected chi connectivity index (χ0v) is 15.0. The van der Waals surface area contributed by atoms with Gasteiger partial charge in [-0.3, -0.25) is 9.69 Å². The highest BCUT2D eigenvalue weighted by Crippen LogP contribution is 2.36. The number of rotatable bonds is 6. The topological polar surface area (TPSA) is 78.6 Å². The van der Waals surface area contributed by atoms with Crippen LogP contribution < -0.4 is 11.1 Å². The van der Waals surface area contributed by atoms with E-state index in [2.05, 4.69) is 10.2 Å². The first-order chi connectivity index (χ1) is 12.1. The van der Waals surface area contributed by atoms with E-state index in [1.54, 1.807) is 12.1 Å². The minimum atomic E-state index is -0.552. The van der Waals surface area contributed by atoms with E-state index in [1.165, 1.54) is 44.9 Å². The zero-order chi connectivity index (χ0) is 17.7. The molecule has 1 aliphatic carbocycles. The first-order valence-corrected chi connectivity index (χ1v) is 9.65. The molecule has 25 heavy (non-hydrogen) atoms. The molecule has 0 spiro atoms. The molecular weight excluding hydrogens is 314 g/mol. The fourth-order valence-electron chi connectivity index (χ4n) is 4.37. The van der Waals surface area contributed by atoms with Crippen LogP contribution in [0.5, 0.6) is 5.75 Å². The molecule has 1 aromatic rings. The standard InChI is InChI=1S/C20H31N3O2/c21-18(14-16-6-8-17(24)9-7-16)19(25)22-15-20(10-2-3-11-20)23-12-4-1-5-13-23/h6-9,18,24H,1-5,10-15,21H2,(H,22,25)/t18-/m0/s1. The molecule has 2 fully saturated rings. The average Bonchev–Trinajstić information content (AvgIpc) is 3.12. The van der Waals surface area contributed by atoms with Crippen LogP contribution in [-0.2, 0) is 11.2 Å². The lowest BCUT2D eigenvalue weighted by Crippen LogP contribution is -2.57. The van der Waals surface area contributed by atoms with Gasteiger partial charge in [-0.05, 0) is 62.9 Å². The number of likely N-dealkylation sites (tertiary alicyclic amines) is 1. The molecule has 1 saturated heterocycles. The van der Waals surface area contributed by atoms with Crippen molar-refractivity contribution in [1.82, 2.24) is 10.2 Å². The summed E-state index contributed by atoms with van der Waals surface area (Å²) in [5.74, 6) is 0.155. The Morgan fingerprint density at radius 3 is 2.40 bits per heavy atom. The van der Waals surface area contributed by atoms with Gasteiger partial charge in [-0.2, -0.15) is 0 Å². The van der Waals surface area contributed by atoms with Crippen molar-refractivity contribution in [3.63, 3.8) is 0 Å². The number of hydrogen-bond donors (Lipinski definition) is 3. The van der Waals surface area contributed by atoms with Crippen molar-refractivity contribution in [3.8, 4) is 5.75 Å². The number of nitrogens with zero attached hydrogens (tertiary/aromatic N) is 1. The fraction of sp³-hybridized carbons (Fsp3) is 0.650. The van der Waals surface area contributed by atoms with Gasteiger partial charge in [-0.25, -0.2) is 0 Å². The van der Waals surface area contributed by atoms with E-state index in [9.17, 15) is 9.90 Å². The number of phenols is 1. The number of hydrogen-bond acceptors (Lipinski definition) is 4. The van der Waals surface area contributed by atoms with Crippen LogP contribution in [0.15, 0.2) is 24.3 Å². The summed E-state index contributed by atoms with van der Waals surface area (Å²) < 4.78 is 0. The van der Waals surface area contributed by atoms with Crippen LogP contribution in [0.3, 0.4) is 0 Å². The second kappa shape index (κ2) is 8.19. The molecule has 1 aromatic carbocycles. The molecule has 1 aliphatic heterocycles. The second-order valence-electron chi connectivity index (χ2n) is 7.67. The summed E-state index contributed by atoms with van der Waals surface area (Å²) >= 11 is 0. The van der Waals surface area contributed by atoms with Gasteiger partial charge in [0.25, 0.3) is 0 Å². The minimum Gasteiger partial charge on any atom is -0.508 e. The molecule has 1 amide bonds. The molecule has 2 aliphatic rings. The number of carbonyl (C=O) groups is 1. The van der Waals surface area contributed by atoms with Crippen LogP contribution in [-0.4, -0.2) is 47.1 Å². The van der Waals surface area contributed by atoms with Crippen LogP contribution in [0.1, 0.15) is 50.5 Å². The van der Waals surface area contributed by atoms with Gasteiger partial charge >= 0.3 is 0 Å². The zero-order valence-electron chi connectivity index (χ0n) is 15.0. The number of nitrogens with one attached hydrogen (secondary N) is 1. The van der Waals surface area contributed by atoms with Crippen molar-refractivity contribution in [3.05, 3.63) is 29.8 Å². The molecule has 0 radical (unpaired) electrons. The molecule has 5 heteroatoms. The summed E-state index contributed by atoms with van der Waals surface area (Å²) in [5.41, 5.74) is 7.22. The Labute approximate surface area is 150 Å². The third-order valence-electron chi connectivity index (χ3n) is 5.88. The van der Waals surface area contributed by atoms with Gasteiger partial charge in [0.15, 0.2) is 0 Å². The van der Waals surface area contributed by atoms with E-state index >= 15 is 0 Å². The summed E-state index contributed by atoms with van der Waals surface area (Å²) in [7, 11) is 0. The lowest BCUT2D eigenvalue weighted by Gasteiger charge is -2.44. The second-order valence-corrected chi connectivity index (χ2v) is 7.67. The summed E-state index contributed by atoms with van der Waals surface area (Å²) in [5, 5.41) is 12.5. The van der Waals surface area contributed by atoms with E-state index in [-0.39, 0.29) is 17.2 Å². The summed E-state index contributed by atoms with van der Waals surface area (Å²) in [6.45, 7) is 3.04. The van der Waals surface area contributed by atoms with E-state index in [0.29, 0.717) is 6.42 Å². The van der Waals surface area contributed by atoms with Crippen molar-refractivity contribution in [2.24, 2.45) is 5.73 Å². The van der Waals surface area contributed by atoms with Crippen molar-refractivity contribution in [2.75, 3.05) is 19.6 Å². The highest BCUT2D eigenvalue weighted by molar-refractivity contribution is 5.81. The highest BCUT2D eigenvalue weighted by Gasteiger charge is 2.40. The van der Waals surface area contributed by atoms with E-state index < -0.39 is 6.04 Å². The molecular formula is C20H31N3O2. The molecule has 0 bridgehead atoms. The van der Waals surface area contributed by atoms with Gasteiger partial charge in [0.1, 0.15) is 5.75 Å². The Kier molecular flexibility index (Phi) is 5.97. The summed E-state index contributed by atoms with van der Waals surface area (Å²) in [6.07, 6.45) is 9.24. The third kappa shape index (κ3) is 4.53. The highest BCUT2D eigenvalue weighted by atomic mass is 16.3. The Hall–Kier alpha value is -1.59. The van der Waals surface area contributed by atoms with Gasteiger partial charge in [0.2, 0.25) is 5.91 Å². The number of piperidine rings is 1. The van der Waals surface area contributed by atoms with Crippen LogP contribution in [0, 0.1) is 0 Å². The maximum Gasteiger partial charge on any atom is 0.237 e. The number of carbonyl (C=O) groups excluding carboxylic acids is 1. The van der Waals surface area contributed by atoms with Crippen molar-refractivity contribution in [2.45, 2.75) is 62.9 Å². The van der Waals surface area contributed by atoms with Gasteiger partial charge < -0.3 is 16.2 Å². The Bertz CT molecular complexity index is 561. The molecule has 138 valence electrons. The quantitative estimate of drug-likeness (QED) is 0.738. The van der Waals surface area contributed by atoms with E-state index in [0.717, 1.165) is 25.2 Å². The lowest BCUT2D eigenvalue weighted by atomic mass is 9.92. The van der Waals surface area contributed by atoms with Gasteiger partial charge in [0, 0.05) is 12.1 Å². The maximum atomic E-state index is 12.5. The molecule has 1 heterocycles. The fourth-order valence-corrected chi connectivity index (χ4v) is 4.37. The summed E-state index contributed by atoms with van der Waals surface area (Å²) in [4.78, 5) is 15.1. The van der Waals surface area contributed by atoms with Crippen LogP contribution in [0.4, 0.5) is 0 Å². The predicted octanol–water partition coefficient (Wildman–Crippen LogP) is 2.18. The molecule has 1 atom stereocenters. The molecule has 3 rings (SSSR count). The SMILES string of the molecule is N[C@@H](Cc1ccc(O)cc1)C(=O)NCC1(N2CCCCC2)CCCC1. The summed E-state index contributed by atoms with van der Waals surface area (Å²) in [6, 6.07) is 6.33. The smallest absolute Gasteiger partial charge is 0.237 e. The Morgan fingerprint density at radius 1 is 1.12 bits per heavy atom. The molecule has 0 aromatic heterocycles. The van der Waals surface area contributed by atoms with E-state index in [1.807, 2.05) is 12.1 Å². The van der Waals surface area contributed by atoms with Gasteiger partial charge in [0.05, 0.1) is 6.04 Å². The minimum absolute atomic E-state index is 0.0728. The molecule has 4 N–H and O–H groups in total. The third-order valence-corrected chi connectivity index (χ3v) is 5.88.